The van der Waals surface area contributed by atoms with Crippen molar-refractivity contribution in [1.29, 1.82) is 5.26 Å². The predicted molar refractivity (Wildman–Crippen MR) is 74.8 cm³/mol. The maximum atomic E-state index is 9.37. The molecule has 2 aromatic carbocycles. The van der Waals surface area contributed by atoms with E-state index in [9.17, 15) is 10.4 Å². The van der Waals surface area contributed by atoms with Crippen molar-refractivity contribution in [3.63, 3.8) is 0 Å². The Hall–Kier alpha value is -2.02. The van der Waals surface area contributed by atoms with Crippen LogP contribution in [-0.4, -0.2) is 5.11 Å². The minimum atomic E-state index is -0.460. The van der Waals surface area contributed by atoms with Gasteiger partial charge in [-0.1, -0.05) is 48.0 Å². The van der Waals surface area contributed by atoms with Crippen molar-refractivity contribution < 1.29 is 5.11 Å². The normalized spacial score (nSPS) is 11.8. The van der Waals surface area contributed by atoms with E-state index < -0.39 is 6.04 Å². The molecule has 1 atom stereocenters. The lowest BCUT2D eigenvalue weighted by molar-refractivity contribution is 0.475. The summed E-state index contributed by atoms with van der Waals surface area (Å²) < 4.78 is 0. The zero-order chi connectivity index (χ0) is 13.7. The van der Waals surface area contributed by atoms with E-state index in [1.807, 2.05) is 30.3 Å². The fourth-order valence-electron chi connectivity index (χ4n) is 1.76. The van der Waals surface area contributed by atoms with Crippen LogP contribution in [0.2, 0.25) is 5.02 Å². The summed E-state index contributed by atoms with van der Waals surface area (Å²) in [7, 11) is 0. The van der Waals surface area contributed by atoms with Crippen LogP contribution in [0.5, 0.6) is 5.75 Å². The van der Waals surface area contributed by atoms with Crippen LogP contribution >= 0.6 is 11.6 Å². The number of nitrogens with one attached hydrogen (secondary N) is 1. The van der Waals surface area contributed by atoms with Crippen molar-refractivity contribution in [2.45, 2.75) is 12.6 Å². The molecule has 0 radical (unpaired) electrons. The number of aromatic hydroxyl groups is 1. The highest BCUT2D eigenvalue weighted by atomic mass is 35.5. The Bertz CT molecular complexity index is 593. The first kappa shape index (κ1) is 13.4. The second-order valence-electron chi connectivity index (χ2n) is 4.14. The Morgan fingerprint density at radius 2 is 1.95 bits per heavy atom. The Morgan fingerprint density at radius 1 is 1.21 bits per heavy atom. The van der Waals surface area contributed by atoms with E-state index in [4.69, 9.17) is 11.6 Å². The van der Waals surface area contributed by atoms with E-state index in [1.54, 1.807) is 12.1 Å². The van der Waals surface area contributed by atoms with Gasteiger partial charge < -0.3 is 5.11 Å². The SMILES string of the molecule is N#CC(NCc1ccccc1)c1ccc(O)c(Cl)c1. The van der Waals surface area contributed by atoms with Crippen LogP contribution < -0.4 is 5.32 Å². The molecule has 0 bridgehead atoms. The van der Waals surface area contributed by atoms with Crippen LogP contribution in [0.25, 0.3) is 0 Å². The van der Waals surface area contributed by atoms with Gasteiger partial charge in [-0.3, -0.25) is 5.32 Å². The smallest absolute Gasteiger partial charge is 0.134 e. The third kappa shape index (κ3) is 3.47. The van der Waals surface area contributed by atoms with Crippen molar-refractivity contribution in [1.82, 2.24) is 5.32 Å². The van der Waals surface area contributed by atoms with Crippen LogP contribution in [0.1, 0.15) is 17.2 Å². The number of phenols is 1. The van der Waals surface area contributed by atoms with Crippen molar-refractivity contribution in [3.8, 4) is 11.8 Å². The highest BCUT2D eigenvalue weighted by Crippen LogP contribution is 2.26. The number of halogens is 1. The summed E-state index contributed by atoms with van der Waals surface area (Å²) in [6.07, 6.45) is 0. The molecule has 19 heavy (non-hydrogen) atoms. The fraction of sp³-hybridized carbons (Fsp3) is 0.133. The van der Waals surface area contributed by atoms with Crippen LogP contribution in [-0.2, 0) is 6.54 Å². The Morgan fingerprint density at radius 3 is 2.58 bits per heavy atom. The highest BCUT2D eigenvalue weighted by Gasteiger charge is 2.11. The highest BCUT2D eigenvalue weighted by molar-refractivity contribution is 6.32. The summed E-state index contributed by atoms with van der Waals surface area (Å²) in [4.78, 5) is 0. The molecule has 0 fully saturated rings. The van der Waals surface area contributed by atoms with Gasteiger partial charge in [0.1, 0.15) is 11.8 Å². The van der Waals surface area contributed by atoms with Gasteiger partial charge in [0.15, 0.2) is 0 Å². The molecule has 96 valence electrons. The molecule has 0 aliphatic carbocycles. The third-order valence-electron chi connectivity index (χ3n) is 2.79. The number of nitriles is 1. The lowest BCUT2D eigenvalue weighted by Gasteiger charge is -2.12. The Kier molecular flexibility index (Phi) is 4.40. The molecule has 3 nitrogen and oxygen atoms in total. The fourth-order valence-corrected chi connectivity index (χ4v) is 1.95. The predicted octanol–water partition coefficient (Wildman–Crippen LogP) is 3.40. The number of hydrogen-bond donors (Lipinski definition) is 2. The molecule has 0 heterocycles. The second-order valence-corrected chi connectivity index (χ2v) is 4.55. The van der Waals surface area contributed by atoms with E-state index in [2.05, 4.69) is 11.4 Å². The minimum Gasteiger partial charge on any atom is -0.506 e. The first-order valence-corrected chi connectivity index (χ1v) is 6.24. The lowest BCUT2D eigenvalue weighted by atomic mass is 10.1. The van der Waals surface area contributed by atoms with Gasteiger partial charge in [0.2, 0.25) is 0 Å². The molecule has 2 rings (SSSR count). The number of benzene rings is 2. The average Bonchev–Trinajstić information content (AvgIpc) is 2.44. The Balaban J connectivity index is 2.08. The molecule has 0 spiro atoms. The first-order valence-electron chi connectivity index (χ1n) is 5.86. The summed E-state index contributed by atoms with van der Waals surface area (Å²) in [6, 6.07) is 16.3. The van der Waals surface area contributed by atoms with Gasteiger partial charge in [0.25, 0.3) is 0 Å². The first-order chi connectivity index (χ1) is 9.20. The zero-order valence-corrected chi connectivity index (χ0v) is 10.9. The molecule has 0 saturated carbocycles. The molecule has 0 aromatic heterocycles. The largest absolute Gasteiger partial charge is 0.506 e. The van der Waals surface area contributed by atoms with E-state index >= 15 is 0 Å². The molecule has 0 saturated heterocycles. The number of nitrogens with zero attached hydrogens (tertiary/aromatic N) is 1. The average molecular weight is 273 g/mol. The van der Waals surface area contributed by atoms with E-state index in [0.717, 1.165) is 11.1 Å². The molecular formula is C15H13ClN2O. The second kappa shape index (κ2) is 6.24. The van der Waals surface area contributed by atoms with E-state index in [0.29, 0.717) is 6.54 Å². The molecule has 1 unspecified atom stereocenters. The molecule has 2 aromatic rings. The van der Waals surface area contributed by atoms with Crippen LogP contribution in [0.3, 0.4) is 0 Å². The van der Waals surface area contributed by atoms with Gasteiger partial charge in [0, 0.05) is 6.54 Å². The summed E-state index contributed by atoms with van der Waals surface area (Å²) in [5, 5.41) is 22.0. The van der Waals surface area contributed by atoms with Gasteiger partial charge >= 0.3 is 0 Å². The quantitative estimate of drug-likeness (QED) is 0.897. The third-order valence-corrected chi connectivity index (χ3v) is 3.09. The summed E-state index contributed by atoms with van der Waals surface area (Å²) in [5.41, 5.74) is 1.84. The van der Waals surface area contributed by atoms with Crippen LogP contribution in [0.15, 0.2) is 48.5 Å². The zero-order valence-electron chi connectivity index (χ0n) is 10.2. The summed E-state index contributed by atoms with van der Waals surface area (Å²) >= 11 is 5.84. The van der Waals surface area contributed by atoms with Crippen molar-refractivity contribution in [2.75, 3.05) is 0 Å². The number of hydrogen-bond acceptors (Lipinski definition) is 3. The molecule has 0 aliphatic heterocycles. The molecule has 0 aliphatic rings. The standard InChI is InChI=1S/C15H13ClN2O/c16-13-8-12(6-7-15(13)19)14(9-17)18-10-11-4-2-1-3-5-11/h1-8,14,18-19H,10H2. The van der Waals surface area contributed by atoms with E-state index in [1.165, 1.54) is 6.07 Å². The van der Waals surface area contributed by atoms with Gasteiger partial charge in [0.05, 0.1) is 11.1 Å². The molecule has 0 amide bonds. The number of rotatable bonds is 4. The molecular weight excluding hydrogens is 260 g/mol. The topological polar surface area (TPSA) is 56.0 Å². The van der Waals surface area contributed by atoms with Crippen molar-refractivity contribution >= 4 is 11.6 Å². The van der Waals surface area contributed by atoms with Gasteiger partial charge in [-0.25, -0.2) is 0 Å². The van der Waals surface area contributed by atoms with Gasteiger partial charge in [-0.05, 0) is 23.3 Å². The summed E-state index contributed by atoms with van der Waals surface area (Å²) in [6.45, 7) is 0.595. The van der Waals surface area contributed by atoms with Crippen LogP contribution in [0, 0.1) is 11.3 Å². The van der Waals surface area contributed by atoms with E-state index in [-0.39, 0.29) is 10.8 Å². The monoisotopic (exact) mass is 272 g/mol. The summed E-state index contributed by atoms with van der Waals surface area (Å²) in [5.74, 6) is 0.0187. The molecule has 2 N–H and O–H groups in total. The maximum absolute atomic E-state index is 9.37. The van der Waals surface area contributed by atoms with Crippen molar-refractivity contribution in [3.05, 3.63) is 64.7 Å². The van der Waals surface area contributed by atoms with Crippen molar-refractivity contribution in [2.24, 2.45) is 0 Å². The maximum Gasteiger partial charge on any atom is 0.134 e. The van der Waals surface area contributed by atoms with Gasteiger partial charge in [-0.2, -0.15) is 5.26 Å². The molecule has 4 heteroatoms. The Labute approximate surface area is 117 Å². The number of phenolic OH excluding ortho intramolecular Hbond substituents is 1. The van der Waals surface area contributed by atoms with Gasteiger partial charge in [-0.15, -0.1) is 0 Å². The minimum absolute atomic E-state index is 0.0187. The lowest BCUT2D eigenvalue weighted by Crippen LogP contribution is -2.19. The van der Waals surface area contributed by atoms with Crippen LogP contribution in [0.4, 0.5) is 0 Å².